The number of nitrogen functional groups attached to an aromatic ring is 1. The van der Waals surface area contributed by atoms with Gasteiger partial charge in [-0.3, -0.25) is 0 Å². The third kappa shape index (κ3) is 2.76. The first-order valence-electron chi connectivity index (χ1n) is 3.42. The number of halogens is 1. The van der Waals surface area contributed by atoms with Gasteiger partial charge in [-0.1, -0.05) is 11.6 Å². The van der Waals surface area contributed by atoms with Crippen molar-refractivity contribution < 1.29 is 9.90 Å². The summed E-state index contributed by atoms with van der Waals surface area (Å²) in [6, 6.07) is 3.15. The quantitative estimate of drug-likeness (QED) is 0.557. The summed E-state index contributed by atoms with van der Waals surface area (Å²) >= 11 is 5.61. The zero-order valence-corrected chi connectivity index (χ0v) is 7.32. The van der Waals surface area contributed by atoms with E-state index in [2.05, 4.69) is 4.98 Å². The van der Waals surface area contributed by atoms with Crippen LogP contribution in [0.25, 0.3) is 6.08 Å². The first-order chi connectivity index (χ1) is 6.09. The second kappa shape index (κ2) is 3.91. The zero-order valence-electron chi connectivity index (χ0n) is 6.57. The molecule has 1 aromatic heterocycles. The van der Waals surface area contributed by atoms with Crippen LogP contribution in [0.15, 0.2) is 18.2 Å². The van der Waals surface area contributed by atoms with Crippen molar-refractivity contribution in [1.82, 2.24) is 4.98 Å². The van der Waals surface area contributed by atoms with Gasteiger partial charge in [0.15, 0.2) is 5.15 Å². The third-order valence-electron chi connectivity index (χ3n) is 1.30. The normalized spacial score (nSPS) is 10.5. The maximum Gasteiger partial charge on any atom is 0.328 e. The van der Waals surface area contributed by atoms with E-state index in [-0.39, 0.29) is 5.15 Å². The highest BCUT2D eigenvalue weighted by molar-refractivity contribution is 6.31. The van der Waals surface area contributed by atoms with Crippen molar-refractivity contribution in [3.05, 3.63) is 29.1 Å². The van der Waals surface area contributed by atoms with Crippen molar-refractivity contribution in [1.29, 1.82) is 0 Å². The minimum Gasteiger partial charge on any atom is -0.478 e. The van der Waals surface area contributed by atoms with Crippen molar-refractivity contribution in [2.75, 3.05) is 5.73 Å². The van der Waals surface area contributed by atoms with Crippen LogP contribution in [0.1, 0.15) is 5.69 Å². The molecule has 1 rings (SSSR count). The number of carbonyl (C=O) groups is 1. The molecule has 0 saturated carbocycles. The fourth-order valence-corrected chi connectivity index (χ4v) is 0.869. The molecule has 0 aliphatic rings. The van der Waals surface area contributed by atoms with Crippen LogP contribution in [0.4, 0.5) is 5.69 Å². The molecule has 0 amide bonds. The summed E-state index contributed by atoms with van der Waals surface area (Å²) in [5.74, 6) is -1.03. The van der Waals surface area contributed by atoms with Gasteiger partial charge in [0, 0.05) is 6.08 Å². The average Bonchev–Trinajstić information content (AvgIpc) is 2.07. The lowest BCUT2D eigenvalue weighted by atomic mass is 10.3. The number of pyridine rings is 1. The van der Waals surface area contributed by atoms with Gasteiger partial charge in [0.05, 0.1) is 11.4 Å². The fourth-order valence-electron chi connectivity index (χ4n) is 0.709. The van der Waals surface area contributed by atoms with Crippen LogP contribution < -0.4 is 5.73 Å². The lowest BCUT2D eigenvalue weighted by Gasteiger charge is -1.96. The first kappa shape index (κ1) is 9.54. The summed E-state index contributed by atoms with van der Waals surface area (Å²) in [5, 5.41) is 8.50. The van der Waals surface area contributed by atoms with Crippen LogP contribution in [0.5, 0.6) is 0 Å². The van der Waals surface area contributed by atoms with E-state index in [1.54, 1.807) is 12.1 Å². The highest BCUT2D eigenvalue weighted by Gasteiger charge is 1.97. The molecular weight excluding hydrogens is 192 g/mol. The number of carboxylic acids is 1. The molecule has 5 heteroatoms. The second-order valence-corrected chi connectivity index (χ2v) is 2.65. The van der Waals surface area contributed by atoms with Crippen molar-refractivity contribution in [2.45, 2.75) is 0 Å². The predicted molar refractivity (Wildman–Crippen MR) is 50.3 cm³/mol. The van der Waals surface area contributed by atoms with Gasteiger partial charge in [-0.2, -0.15) is 0 Å². The van der Waals surface area contributed by atoms with E-state index >= 15 is 0 Å². The molecule has 0 unspecified atom stereocenters. The topological polar surface area (TPSA) is 76.2 Å². The summed E-state index contributed by atoms with van der Waals surface area (Å²) in [4.78, 5) is 14.0. The summed E-state index contributed by atoms with van der Waals surface area (Å²) < 4.78 is 0. The largest absolute Gasteiger partial charge is 0.478 e. The maximum absolute atomic E-state index is 10.2. The third-order valence-corrected chi connectivity index (χ3v) is 1.60. The SMILES string of the molecule is Nc1ccc(C=CC(=O)O)nc1Cl. The number of nitrogens with zero attached hydrogens (tertiary/aromatic N) is 1. The Balaban J connectivity index is 2.92. The molecule has 3 N–H and O–H groups in total. The molecule has 0 radical (unpaired) electrons. The highest BCUT2D eigenvalue weighted by atomic mass is 35.5. The minimum absolute atomic E-state index is 0.174. The van der Waals surface area contributed by atoms with Gasteiger partial charge < -0.3 is 10.8 Å². The number of rotatable bonds is 2. The summed E-state index contributed by atoms with van der Waals surface area (Å²) in [6.45, 7) is 0. The molecule has 0 saturated heterocycles. The summed E-state index contributed by atoms with van der Waals surface area (Å²) in [6.07, 6.45) is 2.32. The predicted octanol–water partition coefficient (Wildman–Crippen LogP) is 1.42. The van der Waals surface area contributed by atoms with Gasteiger partial charge >= 0.3 is 5.97 Å². The van der Waals surface area contributed by atoms with Crippen LogP contribution in [0.2, 0.25) is 5.15 Å². The van der Waals surface area contributed by atoms with Crippen LogP contribution in [-0.2, 0) is 4.79 Å². The van der Waals surface area contributed by atoms with Crippen LogP contribution in [0, 0.1) is 0 Å². The fraction of sp³-hybridized carbons (Fsp3) is 0. The molecule has 0 bridgehead atoms. The van der Waals surface area contributed by atoms with E-state index in [1.165, 1.54) is 6.08 Å². The molecule has 0 aliphatic heterocycles. The average molecular weight is 199 g/mol. The molecule has 4 nitrogen and oxygen atoms in total. The molecular formula is C8H7ClN2O2. The standard InChI is InChI=1S/C8H7ClN2O2/c9-8-6(10)3-1-5(11-8)2-4-7(12)13/h1-4H,10H2,(H,12,13). The number of nitrogens with two attached hydrogens (primary N) is 1. The molecule has 0 spiro atoms. The molecule has 0 aliphatic carbocycles. The highest BCUT2D eigenvalue weighted by Crippen LogP contribution is 2.15. The monoisotopic (exact) mass is 198 g/mol. The molecule has 1 heterocycles. The Morgan fingerprint density at radius 3 is 2.85 bits per heavy atom. The number of carboxylic acid groups (broad SMARTS) is 1. The van der Waals surface area contributed by atoms with E-state index in [1.807, 2.05) is 0 Å². The Labute approximate surface area is 79.7 Å². The Bertz CT molecular complexity index is 363. The number of anilines is 1. The van der Waals surface area contributed by atoms with Crippen LogP contribution >= 0.6 is 11.6 Å². The minimum atomic E-state index is -1.03. The van der Waals surface area contributed by atoms with Gasteiger partial charge in [-0.15, -0.1) is 0 Å². The summed E-state index contributed by atoms with van der Waals surface area (Å²) in [7, 11) is 0. The molecule has 68 valence electrons. The maximum atomic E-state index is 10.2. The Kier molecular flexibility index (Phi) is 2.87. The van der Waals surface area contributed by atoms with Crippen LogP contribution in [-0.4, -0.2) is 16.1 Å². The van der Waals surface area contributed by atoms with Gasteiger partial charge in [-0.25, -0.2) is 9.78 Å². The molecule has 13 heavy (non-hydrogen) atoms. The first-order valence-corrected chi connectivity index (χ1v) is 3.80. The lowest BCUT2D eigenvalue weighted by Crippen LogP contribution is -1.91. The van der Waals surface area contributed by atoms with E-state index in [9.17, 15) is 4.79 Å². The Morgan fingerprint density at radius 2 is 2.31 bits per heavy atom. The van der Waals surface area contributed by atoms with Gasteiger partial charge in [0.25, 0.3) is 0 Å². The van der Waals surface area contributed by atoms with Gasteiger partial charge in [0.1, 0.15) is 0 Å². The number of aliphatic carboxylic acids is 1. The molecule has 0 aromatic carbocycles. The van der Waals surface area contributed by atoms with E-state index < -0.39 is 5.97 Å². The van der Waals surface area contributed by atoms with Gasteiger partial charge in [0.2, 0.25) is 0 Å². The smallest absolute Gasteiger partial charge is 0.328 e. The lowest BCUT2D eigenvalue weighted by molar-refractivity contribution is -0.131. The Hall–Kier alpha value is -1.55. The van der Waals surface area contributed by atoms with Crippen molar-refractivity contribution in [2.24, 2.45) is 0 Å². The van der Waals surface area contributed by atoms with E-state index in [4.69, 9.17) is 22.4 Å². The number of hydrogen-bond donors (Lipinski definition) is 2. The van der Waals surface area contributed by atoms with E-state index in [0.717, 1.165) is 6.08 Å². The number of hydrogen-bond acceptors (Lipinski definition) is 3. The Morgan fingerprint density at radius 1 is 1.62 bits per heavy atom. The second-order valence-electron chi connectivity index (χ2n) is 2.29. The molecule has 0 atom stereocenters. The van der Waals surface area contributed by atoms with Crippen molar-refractivity contribution in [3.63, 3.8) is 0 Å². The summed E-state index contributed by atoms with van der Waals surface area (Å²) in [5.41, 5.74) is 6.24. The van der Waals surface area contributed by atoms with Gasteiger partial charge in [-0.05, 0) is 18.2 Å². The van der Waals surface area contributed by atoms with Crippen molar-refractivity contribution in [3.8, 4) is 0 Å². The number of aromatic nitrogens is 1. The van der Waals surface area contributed by atoms with E-state index in [0.29, 0.717) is 11.4 Å². The zero-order chi connectivity index (χ0) is 9.84. The molecule has 0 fully saturated rings. The van der Waals surface area contributed by atoms with Crippen molar-refractivity contribution >= 4 is 29.3 Å². The van der Waals surface area contributed by atoms with Crippen LogP contribution in [0.3, 0.4) is 0 Å². The molecule has 1 aromatic rings.